The lowest BCUT2D eigenvalue weighted by Crippen LogP contribution is -2.46. The number of anilines is 1. The minimum atomic E-state index is -0.594. The van der Waals surface area contributed by atoms with Crippen LogP contribution < -0.4 is 10.2 Å². The van der Waals surface area contributed by atoms with Crippen LogP contribution in [0.3, 0.4) is 0 Å². The van der Waals surface area contributed by atoms with E-state index >= 15 is 0 Å². The zero-order chi connectivity index (χ0) is 22.2. The molecule has 2 amide bonds. The topological polar surface area (TPSA) is 71.3 Å². The molecule has 4 aromatic rings. The molecule has 6 nitrogen and oxygen atoms in total. The number of nitrogens with one attached hydrogen (secondary N) is 1. The Morgan fingerprint density at radius 3 is 2.56 bits per heavy atom. The zero-order valence-electron chi connectivity index (χ0n) is 16.8. The number of urea groups is 1. The van der Waals surface area contributed by atoms with Gasteiger partial charge in [-0.2, -0.15) is 4.98 Å². The monoisotopic (exact) mass is 466 g/mol. The van der Waals surface area contributed by atoms with Crippen molar-refractivity contribution >= 4 is 40.2 Å². The van der Waals surface area contributed by atoms with Crippen molar-refractivity contribution in [3.8, 4) is 10.7 Å². The molecule has 0 saturated carbocycles. The molecule has 32 heavy (non-hydrogen) atoms. The van der Waals surface area contributed by atoms with Gasteiger partial charge in [-0.3, -0.25) is 4.90 Å². The number of nitrogens with zero attached hydrogens (tertiary/aromatic N) is 3. The summed E-state index contributed by atoms with van der Waals surface area (Å²) in [5.74, 6) is 0.376. The van der Waals surface area contributed by atoms with Crippen LogP contribution in [0, 0.1) is 5.82 Å². The summed E-state index contributed by atoms with van der Waals surface area (Å²) in [7, 11) is 0. The quantitative estimate of drug-likeness (QED) is 0.383. The highest BCUT2D eigenvalue weighted by Gasteiger charge is 2.36. The molecule has 0 spiro atoms. The van der Waals surface area contributed by atoms with Crippen LogP contribution in [0.4, 0.5) is 14.9 Å². The van der Waals surface area contributed by atoms with E-state index in [9.17, 15) is 9.18 Å². The van der Waals surface area contributed by atoms with E-state index in [1.54, 1.807) is 36.4 Å². The lowest BCUT2D eigenvalue weighted by Gasteiger charge is -2.35. The summed E-state index contributed by atoms with van der Waals surface area (Å²) in [5, 5.41) is 9.60. The maximum atomic E-state index is 13.5. The van der Waals surface area contributed by atoms with Gasteiger partial charge in [0.1, 0.15) is 5.82 Å². The number of rotatable bonds is 4. The fraction of sp³-hybridized carbons (Fsp3) is 0.0870. The van der Waals surface area contributed by atoms with Crippen LogP contribution in [-0.4, -0.2) is 16.2 Å². The molecule has 0 radical (unpaired) electrons. The van der Waals surface area contributed by atoms with Crippen molar-refractivity contribution in [2.75, 3.05) is 4.90 Å². The highest BCUT2D eigenvalue weighted by atomic mass is 35.5. The van der Waals surface area contributed by atoms with Gasteiger partial charge in [0.05, 0.1) is 22.2 Å². The molecule has 1 N–H and O–H groups in total. The van der Waals surface area contributed by atoms with Crippen molar-refractivity contribution in [2.45, 2.75) is 13.0 Å². The summed E-state index contributed by atoms with van der Waals surface area (Å²) in [6.45, 7) is 1.81. The summed E-state index contributed by atoms with van der Waals surface area (Å²) in [4.78, 5) is 20.1. The molecule has 1 aliphatic rings. The Balaban J connectivity index is 1.66. The van der Waals surface area contributed by atoms with E-state index in [1.807, 2.05) is 24.4 Å². The second-order valence-electron chi connectivity index (χ2n) is 7.15. The van der Waals surface area contributed by atoms with Crippen molar-refractivity contribution in [1.29, 1.82) is 0 Å². The zero-order valence-corrected chi connectivity index (χ0v) is 18.3. The van der Waals surface area contributed by atoms with E-state index in [4.69, 9.17) is 16.1 Å². The highest BCUT2D eigenvalue weighted by Crippen LogP contribution is 2.39. The van der Waals surface area contributed by atoms with Gasteiger partial charge in [-0.15, -0.1) is 11.3 Å². The number of hydrogen-bond donors (Lipinski definition) is 1. The van der Waals surface area contributed by atoms with Crippen LogP contribution in [0.5, 0.6) is 0 Å². The standard InChI is InChI=1S/C23H16ClFN4O2S/c1-13-19(22-27-21(28-31-22)18-3-2-12-32-18)20(14-4-8-16(25)9-5-14)26-23(30)29(13)17-10-6-15(24)7-11-17/h2-12,20H,1H3,(H,26,30). The third kappa shape index (κ3) is 3.68. The van der Waals surface area contributed by atoms with Crippen LogP contribution in [-0.2, 0) is 0 Å². The van der Waals surface area contributed by atoms with Gasteiger partial charge in [0.25, 0.3) is 5.89 Å². The summed E-state index contributed by atoms with van der Waals surface area (Å²) in [5.41, 5.74) is 2.58. The molecule has 5 rings (SSSR count). The van der Waals surface area contributed by atoms with Gasteiger partial charge >= 0.3 is 6.03 Å². The first-order valence-electron chi connectivity index (χ1n) is 9.71. The van der Waals surface area contributed by atoms with Gasteiger partial charge in [-0.1, -0.05) is 35.0 Å². The Kier molecular flexibility index (Phi) is 5.24. The predicted molar refractivity (Wildman–Crippen MR) is 122 cm³/mol. The number of benzene rings is 2. The summed E-state index contributed by atoms with van der Waals surface area (Å²) in [6.07, 6.45) is 0. The first-order valence-corrected chi connectivity index (χ1v) is 11.0. The third-order valence-electron chi connectivity index (χ3n) is 5.17. The molecule has 2 aromatic carbocycles. The van der Waals surface area contributed by atoms with Gasteiger partial charge in [-0.25, -0.2) is 9.18 Å². The Morgan fingerprint density at radius 2 is 1.88 bits per heavy atom. The molecule has 0 fully saturated rings. The number of carbonyl (C=O) groups is 1. The molecule has 0 bridgehead atoms. The second kappa shape index (κ2) is 8.22. The summed E-state index contributed by atoms with van der Waals surface area (Å²) in [6, 6.07) is 15.8. The van der Waals surface area contributed by atoms with Crippen LogP contribution >= 0.6 is 22.9 Å². The van der Waals surface area contributed by atoms with Gasteiger partial charge in [0.15, 0.2) is 0 Å². The summed E-state index contributed by atoms with van der Waals surface area (Å²) < 4.78 is 19.2. The lowest BCUT2D eigenvalue weighted by molar-refractivity contribution is 0.244. The maximum Gasteiger partial charge on any atom is 0.326 e. The van der Waals surface area contributed by atoms with Crippen LogP contribution in [0.2, 0.25) is 5.02 Å². The van der Waals surface area contributed by atoms with Gasteiger partial charge in [0, 0.05) is 10.7 Å². The van der Waals surface area contributed by atoms with E-state index < -0.39 is 6.04 Å². The first kappa shape index (κ1) is 20.4. The summed E-state index contributed by atoms with van der Waals surface area (Å²) >= 11 is 7.52. The van der Waals surface area contributed by atoms with Gasteiger partial charge in [0.2, 0.25) is 5.82 Å². The first-order chi connectivity index (χ1) is 15.5. The van der Waals surface area contributed by atoms with Gasteiger partial charge in [-0.05, 0) is 60.3 Å². The average molecular weight is 467 g/mol. The molecule has 1 unspecified atom stereocenters. The van der Waals surface area contributed by atoms with E-state index in [-0.39, 0.29) is 17.7 Å². The number of aromatic nitrogens is 2. The Labute approximate surface area is 191 Å². The Bertz CT molecular complexity index is 1300. The highest BCUT2D eigenvalue weighted by molar-refractivity contribution is 7.13. The minimum Gasteiger partial charge on any atom is -0.334 e. The molecule has 160 valence electrons. The fourth-order valence-electron chi connectivity index (χ4n) is 3.67. The van der Waals surface area contributed by atoms with Crippen LogP contribution in [0.25, 0.3) is 16.3 Å². The van der Waals surface area contributed by atoms with Crippen LogP contribution in [0.1, 0.15) is 24.4 Å². The minimum absolute atomic E-state index is 0.277. The van der Waals surface area contributed by atoms with Crippen molar-refractivity contribution < 1.29 is 13.7 Å². The van der Waals surface area contributed by atoms with Gasteiger partial charge < -0.3 is 9.84 Å². The fourth-order valence-corrected chi connectivity index (χ4v) is 4.44. The lowest BCUT2D eigenvalue weighted by atomic mass is 9.94. The van der Waals surface area contributed by atoms with Crippen molar-refractivity contribution in [3.63, 3.8) is 0 Å². The second-order valence-corrected chi connectivity index (χ2v) is 8.53. The average Bonchev–Trinajstić information content (AvgIpc) is 3.47. The largest absolute Gasteiger partial charge is 0.334 e. The predicted octanol–water partition coefficient (Wildman–Crippen LogP) is 6.29. The Hall–Kier alpha value is -3.49. The number of carbonyl (C=O) groups excluding carboxylic acids is 1. The van der Waals surface area contributed by atoms with E-state index in [2.05, 4.69) is 15.5 Å². The smallest absolute Gasteiger partial charge is 0.326 e. The normalized spacial score (nSPS) is 16.4. The molecule has 0 saturated heterocycles. The van der Waals surface area contributed by atoms with Crippen molar-refractivity contribution in [2.24, 2.45) is 0 Å². The third-order valence-corrected chi connectivity index (χ3v) is 6.29. The molecule has 9 heteroatoms. The molecule has 1 atom stereocenters. The number of thiophene rings is 1. The number of allylic oxidation sites excluding steroid dienone is 1. The van der Waals surface area contributed by atoms with Crippen LogP contribution in [0.15, 0.2) is 76.3 Å². The molecular weight excluding hydrogens is 451 g/mol. The molecule has 1 aliphatic heterocycles. The van der Waals surface area contributed by atoms with E-state index in [1.165, 1.54) is 28.4 Å². The van der Waals surface area contributed by atoms with E-state index in [0.29, 0.717) is 33.4 Å². The van der Waals surface area contributed by atoms with Crippen molar-refractivity contribution in [3.05, 3.63) is 94.0 Å². The maximum absolute atomic E-state index is 13.5. The Morgan fingerprint density at radius 1 is 1.12 bits per heavy atom. The molecule has 3 heterocycles. The SMILES string of the molecule is CC1=C(c2nc(-c3cccs3)no2)C(c2ccc(F)cc2)NC(=O)N1c1ccc(Cl)cc1. The molecular formula is C23H16ClFN4O2S. The number of halogens is 2. The van der Waals surface area contributed by atoms with E-state index in [0.717, 1.165) is 4.88 Å². The number of hydrogen-bond acceptors (Lipinski definition) is 5. The molecule has 2 aromatic heterocycles. The molecule has 0 aliphatic carbocycles. The van der Waals surface area contributed by atoms with Crippen molar-refractivity contribution in [1.82, 2.24) is 15.5 Å². The number of amides is 2.